The Hall–Kier alpha value is -1.83. The van der Waals surface area contributed by atoms with Crippen LogP contribution in [0, 0.1) is 6.92 Å². The summed E-state index contributed by atoms with van der Waals surface area (Å²) in [4.78, 5) is 18.0. The maximum Gasteiger partial charge on any atom is 0.224 e. The van der Waals surface area contributed by atoms with Crippen LogP contribution in [0.5, 0.6) is 0 Å². The van der Waals surface area contributed by atoms with Crippen LogP contribution in [0.1, 0.15) is 23.1 Å². The highest BCUT2D eigenvalue weighted by Gasteiger charge is 2.16. The second-order valence-electron chi connectivity index (χ2n) is 5.40. The molecule has 0 saturated carbocycles. The maximum absolute atomic E-state index is 6.08. The van der Waals surface area contributed by atoms with Crippen LogP contribution in [0.15, 0.2) is 18.6 Å². The number of nitrogens with two attached hydrogens (primary N) is 1. The SMILES string of the molecule is Cc1c(CC(C)N)sc2c(NCc3ccncn3)nc(Cl)nc12. The third-order valence-electron chi connectivity index (χ3n) is 3.42. The molecule has 0 aromatic carbocycles. The zero-order chi connectivity index (χ0) is 16.4. The summed E-state index contributed by atoms with van der Waals surface area (Å²) >= 11 is 7.75. The molecule has 0 saturated heterocycles. The van der Waals surface area contributed by atoms with Crippen LogP contribution in [0.25, 0.3) is 10.2 Å². The Bertz CT molecular complexity index is 818. The molecular weight excluding hydrogens is 332 g/mol. The van der Waals surface area contributed by atoms with Gasteiger partial charge in [-0.05, 0) is 43.5 Å². The highest BCUT2D eigenvalue weighted by Crippen LogP contribution is 2.35. The number of thiophene rings is 1. The van der Waals surface area contributed by atoms with Crippen LogP contribution < -0.4 is 11.1 Å². The first kappa shape index (κ1) is 16.0. The fourth-order valence-electron chi connectivity index (χ4n) is 2.31. The quantitative estimate of drug-likeness (QED) is 0.689. The monoisotopic (exact) mass is 348 g/mol. The van der Waals surface area contributed by atoms with Crippen molar-refractivity contribution < 1.29 is 0 Å². The lowest BCUT2D eigenvalue weighted by Crippen LogP contribution is -2.17. The van der Waals surface area contributed by atoms with Crippen molar-refractivity contribution in [3.63, 3.8) is 0 Å². The average Bonchev–Trinajstić information content (AvgIpc) is 2.82. The van der Waals surface area contributed by atoms with Crippen LogP contribution >= 0.6 is 22.9 Å². The van der Waals surface area contributed by atoms with Gasteiger partial charge in [0.2, 0.25) is 5.28 Å². The molecule has 0 radical (unpaired) electrons. The molecule has 3 aromatic rings. The van der Waals surface area contributed by atoms with E-state index < -0.39 is 0 Å². The van der Waals surface area contributed by atoms with Crippen LogP contribution in [0.3, 0.4) is 0 Å². The van der Waals surface area contributed by atoms with Crippen molar-refractivity contribution >= 4 is 39.0 Å². The lowest BCUT2D eigenvalue weighted by molar-refractivity contribution is 0.744. The van der Waals surface area contributed by atoms with E-state index in [1.807, 2.05) is 19.9 Å². The summed E-state index contributed by atoms with van der Waals surface area (Å²) < 4.78 is 0.997. The molecule has 3 aromatic heterocycles. The number of anilines is 1. The fraction of sp³-hybridized carbons (Fsp3) is 0.333. The number of rotatable bonds is 5. The number of halogens is 1. The molecule has 3 N–H and O–H groups in total. The summed E-state index contributed by atoms with van der Waals surface area (Å²) in [6.07, 6.45) is 4.05. The number of nitrogens with zero attached hydrogens (tertiary/aromatic N) is 4. The number of hydrogen-bond acceptors (Lipinski definition) is 7. The number of fused-ring (bicyclic) bond motifs is 1. The molecule has 0 fully saturated rings. The molecule has 0 aliphatic rings. The van der Waals surface area contributed by atoms with Gasteiger partial charge in [0, 0.05) is 17.1 Å². The van der Waals surface area contributed by atoms with Gasteiger partial charge in [-0.15, -0.1) is 11.3 Å². The highest BCUT2D eigenvalue weighted by atomic mass is 35.5. The van der Waals surface area contributed by atoms with Gasteiger partial charge in [-0.25, -0.2) is 15.0 Å². The van der Waals surface area contributed by atoms with Crippen molar-refractivity contribution in [3.8, 4) is 0 Å². The van der Waals surface area contributed by atoms with Gasteiger partial charge < -0.3 is 11.1 Å². The van der Waals surface area contributed by atoms with Crippen molar-refractivity contribution in [1.29, 1.82) is 0 Å². The van der Waals surface area contributed by atoms with Crippen molar-refractivity contribution in [2.24, 2.45) is 5.73 Å². The third-order valence-corrected chi connectivity index (χ3v) is 4.90. The first-order chi connectivity index (χ1) is 11.0. The van der Waals surface area contributed by atoms with E-state index in [1.54, 1.807) is 17.5 Å². The number of aromatic nitrogens is 4. The van der Waals surface area contributed by atoms with E-state index in [4.69, 9.17) is 17.3 Å². The van der Waals surface area contributed by atoms with Gasteiger partial charge in [0.15, 0.2) is 0 Å². The van der Waals surface area contributed by atoms with E-state index in [0.717, 1.165) is 33.7 Å². The number of aryl methyl sites for hydroxylation is 1. The molecule has 1 atom stereocenters. The molecule has 3 rings (SSSR count). The van der Waals surface area contributed by atoms with Gasteiger partial charge in [0.25, 0.3) is 0 Å². The van der Waals surface area contributed by atoms with E-state index in [-0.39, 0.29) is 11.3 Å². The molecule has 0 spiro atoms. The Morgan fingerprint density at radius 3 is 2.91 bits per heavy atom. The minimum atomic E-state index is 0.0996. The van der Waals surface area contributed by atoms with Crippen LogP contribution in [-0.2, 0) is 13.0 Å². The Morgan fingerprint density at radius 2 is 2.22 bits per heavy atom. The fourth-order valence-corrected chi connectivity index (χ4v) is 3.83. The smallest absolute Gasteiger partial charge is 0.224 e. The van der Waals surface area contributed by atoms with Crippen LogP contribution in [0.2, 0.25) is 5.28 Å². The summed E-state index contributed by atoms with van der Waals surface area (Å²) in [6.45, 7) is 4.59. The normalized spacial score (nSPS) is 12.5. The summed E-state index contributed by atoms with van der Waals surface area (Å²) in [5.41, 5.74) is 8.82. The lowest BCUT2D eigenvalue weighted by Gasteiger charge is -2.06. The van der Waals surface area contributed by atoms with E-state index >= 15 is 0 Å². The predicted octanol–water partition coefficient (Wildman–Crippen LogP) is 2.94. The number of nitrogens with one attached hydrogen (secondary N) is 1. The van der Waals surface area contributed by atoms with E-state index in [2.05, 4.69) is 25.3 Å². The average molecular weight is 349 g/mol. The molecule has 23 heavy (non-hydrogen) atoms. The molecule has 8 heteroatoms. The summed E-state index contributed by atoms with van der Waals surface area (Å²) in [7, 11) is 0. The molecule has 1 unspecified atom stereocenters. The van der Waals surface area contributed by atoms with Gasteiger partial charge in [-0.3, -0.25) is 0 Å². The molecule has 120 valence electrons. The van der Waals surface area contributed by atoms with Crippen molar-refractivity contribution in [3.05, 3.63) is 40.0 Å². The Morgan fingerprint density at radius 1 is 1.39 bits per heavy atom. The molecular formula is C15H17ClN6S. The lowest BCUT2D eigenvalue weighted by atomic mass is 10.1. The predicted molar refractivity (Wildman–Crippen MR) is 93.9 cm³/mol. The van der Waals surface area contributed by atoms with Gasteiger partial charge in [-0.2, -0.15) is 4.98 Å². The molecule has 3 heterocycles. The number of hydrogen-bond donors (Lipinski definition) is 2. The van der Waals surface area contributed by atoms with Crippen molar-refractivity contribution in [1.82, 2.24) is 19.9 Å². The van der Waals surface area contributed by atoms with E-state index in [9.17, 15) is 0 Å². The molecule has 0 amide bonds. The highest BCUT2D eigenvalue weighted by molar-refractivity contribution is 7.19. The Balaban J connectivity index is 1.96. The van der Waals surface area contributed by atoms with Gasteiger partial charge in [0.05, 0.1) is 22.5 Å². The minimum absolute atomic E-state index is 0.0996. The van der Waals surface area contributed by atoms with Crippen LogP contribution in [-0.4, -0.2) is 26.0 Å². The first-order valence-electron chi connectivity index (χ1n) is 7.24. The Kier molecular flexibility index (Phi) is 4.70. The molecule has 6 nitrogen and oxygen atoms in total. The van der Waals surface area contributed by atoms with Crippen molar-refractivity contribution in [2.75, 3.05) is 5.32 Å². The van der Waals surface area contributed by atoms with Gasteiger partial charge in [-0.1, -0.05) is 0 Å². The van der Waals surface area contributed by atoms with Crippen molar-refractivity contribution in [2.45, 2.75) is 32.9 Å². The van der Waals surface area contributed by atoms with Gasteiger partial charge in [0.1, 0.15) is 12.1 Å². The molecule has 0 aliphatic heterocycles. The molecule has 0 bridgehead atoms. The summed E-state index contributed by atoms with van der Waals surface area (Å²) in [5, 5.41) is 3.52. The minimum Gasteiger partial charge on any atom is -0.363 e. The van der Waals surface area contributed by atoms with E-state index in [1.165, 1.54) is 11.2 Å². The molecule has 0 aliphatic carbocycles. The standard InChI is InChI=1S/C15H17ClN6S/c1-8(17)5-11-9(2)12-13(23-11)14(22-15(16)21-12)19-6-10-3-4-18-7-20-10/h3-4,7-8H,5-6,17H2,1-2H3,(H,19,21,22). The van der Waals surface area contributed by atoms with E-state index in [0.29, 0.717) is 6.54 Å². The maximum atomic E-state index is 6.08. The second kappa shape index (κ2) is 6.74. The first-order valence-corrected chi connectivity index (χ1v) is 8.44. The topological polar surface area (TPSA) is 89.6 Å². The summed E-state index contributed by atoms with van der Waals surface area (Å²) in [6, 6.07) is 1.96. The third kappa shape index (κ3) is 3.57. The second-order valence-corrected chi connectivity index (χ2v) is 6.85. The van der Waals surface area contributed by atoms with Crippen LogP contribution in [0.4, 0.5) is 5.82 Å². The zero-order valence-corrected chi connectivity index (χ0v) is 14.4. The summed E-state index contributed by atoms with van der Waals surface area (Å²) in [5.74, 6) is 0.725. The Labute approximate surface area is 143 Å². The van der Waals surface area contributed by atoms with Gasteiger partial charge >= 0.3 is 0 Å². The largest absolute Gasteiger partial charge is 0.363 e. The zero-order valence-electron chi connectivity index (χ0n) is 12.9.